The maximum Gasteiger partial charge on any atom is 0.374 e. The number of carboxylic acids is 1. The predicted octanol–water partition coefficient (Wildman–Crippen LogP) is 3.02. The van der Waals surface area contributed by atoms with Crippen molar-refractivity contribution in [1.82, 2.24) is 9.97 Å². The Morgan fingerprint density at radius 2 is 2.14 bits per heavy atom. The Morgan fingerprint density at radius 1 is 1.33 bits per heavy atom. The Labute approximate surface area is 127 Å². The molecule has 1 aromatic carbocycles. The number of fused-ring (bicyclic) bond motifs is 1. The van der Waals surface area contributed by atoms with Gasteiger partial charge in [0.25, 0.3) is 0 Å². The number of hydrogen-bond donors (Lipinski definition) is 2. The maximum absolute atomic E-state index is 11.2. The lowest BCUT2D eigenvalue weighted by atomic mass is 10.2. The van der Waals surface area contributed by atoms with Crippen LogP contribution in [0.5, 0.6) is 0 Å². The van der Waals surface area contributed by atoms with Gasteiger partial charge in [0.15, 0.2) is 0 Å². The van der Waals surface area contributed by atoms with Gasteiger partial charge in [0, 0.05) is 16.7 Å². The lowest BCUT2D eigenvalue weighted by Crippen LogP contribution is -2.18. The third-order valence-electron chi connectivity index (χ3n) is 3.85. The van der Waals surface area contributed by atoms with Crippen molar-refractivity contribution in [3.63, 3.8) is 0 Å². The van der Waals surface area contributed by atoms with E-state index in [2.05, 4.69) is 21.5 Å². The number of rotatable bonds is 4. The van der Waals surface area contributed by atoms with Crippen LogP contribution in [0.15, 0.2) is 24.3 Å². The quantitative estimate of drug-likeness (QED) is 0.904. The van der Waals surface area contributed by atoms with Gasteiger partial charge in [0.1, 0.15) is 5.82 Å². The number of thioether (sulfide) groups is 1. The summed E-state index contributed by atoms with van der Waals surface area (Å²) in [5.41, 5.74) is 0.659. The number of anilines is 1. The van der Waals surface area contributed by atoms with Crippen LogP contribution in [-0.4, -0.2) is 38.6 Å². The summed E-state index contributed by atoms with van der Waals surface area (Å²) in [5.74, 6) is -0.627. The number of aromatic nitrogens is 2. The third kappa shape index (κ3) is 2.95. The SMILES string of the molecule is CSC1CCC(Nc2nc(C(=O)O)nc3ccccc23)C1. The van der Waals surface area contributed by atoms with Gasteiger partial charge < -0.3 is 10.4 Å². The van der Waals surface area contributed by atoms with Crippen LogP contribution in [0.3, 0.4) is 0 Å². The van der Waals surface area contributed by atoms with E-state index in [0.29, 0.717) is 22.6 Å². The first-order chi connectivity index (χ1) is 10.2. The van der Waals surface area contributed by atoms with E-state index in [0.717, 1.165) is 18.2 Å². The molecule has 2 N–H and O–H groups in total. The van der Waals surface area contributed by atoms with Crippen molar-refractivity contribution in [3.8, 4) is 0 Å². The van der Waals surface area contributed by atoms with Crippen LogP contribution in [0, 0.1) is 0 Å². The van der Waals surface area contributed by atoms with Crippen LogP contribution in [0.2, 0.25) is 0 Å². The van der Waals surface area contributed by atoms with Crippen LogP contribution in [0.4, 0.5) is 5.82 Å². The highest BCUT2D eigenvalue weighted by Crippen LogP contribution is 2.31. The second-order valence-electron chi connectivity index (χ2n) is 5.23. The van der Waals surface area contributed by atoms with E-state index in [9.17, 15) is 4.79 Å². The van der Waals surface area contributed by atoms with Crippen LogP contribution >= 0.6 is 11.8 Å². The topological polar surface area (TPSA) is 75.1 Å². The number of nitrogens with zero attached hydrogens (tertiary/aromatic N) is 2. The Bertz CT molecular complexity index is 677. The first-order valence-electron chi connectivity index (χ1n) is 6.97. The molecule has 1 heterocycles. The first-order valence-corrected chi connectivity index (χ1v) is 8.25. The molecule has 0 spiro atoms. The lowest BCUT2D eigenvalue weighted by molar-refractivity contribution is 0.0684. The van der Waals surface area contributed by atoms with E-state index in [1.807, 2.05) is 36.0 Å². The van der Waals surface area contributed by atoms with E-state index in [1.165, 1.54) is 6.42 Å². The fraction of sp³-hybridized carbons (Fsp3) is 0.400. The summed E-state index contributed by atoms with van der Waals surface area (Å²) in [7, 11) is 0. The number of hydrogen-bond acceptors (Lipinski definition) is 5. The highest BCUT2D eigenvalue weighted by Gasteiger charge is 2.25. The molecular weight excluding hydrogens is 286 g/mol. The zero-order valence-electron chi connectivity index (χ0n) is 11.7. The van der Waals surface area contributed by atoms with Crippen molar-refractivity contribution < 1.29 is 9.90 Å². The van der Waals surface area contributed by atoms with E-state index in [-0.39, 0.29) is 5.82 Å². The van der Waals surface area contributed by atoms with Crippen molar-refractivity contribution in [2.75, 3.05) is 11.6 Å². The molecule has 1 aromatic heterocycles. The zero-order chi connectivity index (χ0) is 14.8. The molecule has 0 radical (unpaired) electrons. The number of para-hydroxylation sites is 1. The molecular formula is C15H17N3O2S. The molecule has 6 heteroatoms. The van der Waals surface area contributed by atoms with E-state index in [4.69, 9.17) is 5.11 Å². The Morgan fingerprint density at radius 3 is 2.86 bits per heavy atom. The molecule has 1 aliphatic carbocycles. The molecule has 1 aliphatic rings. The fourth-order valence-corrected chi connectivity index (χ4v) is 3.56. The number of benzene rings is 1. The molecule has 0 aliphatic heterocycles. The van der Waals surface area contributed by atoms with Crippen molar-refractivity contribution in [2.24, 2.45) is 0 Å². The second-order valence-corrected chi connectivity index (χ2v) is 6.37. The van der Waals surface area contributed by atoms with Crippen LogP contribution < -0.4 is 5.32 Å². The molecule has 21 heavy (non-hydrogen) atoms. The first kappa shape index (κ1) is 14.1. The van der Waals surface area contributed by atoms with Gasteiger partial charge in [0.2, 0.25) is 5.82 Å². The number of carbonyl (C=O) groups is 1. The summed E-state index contributed by atoms with van der Waals surface area (Å²) < 4.78 is 0. The normalized spacial score (nSPS) is 21.6. The smallest absolute Gasteiger partial charge is 0.374 e. The van der Waals surface area contributed by atoms with Gasteiger partial charge in [-0.15, -0.1) is 0 Å². The Hall–Kier alpha value is -1.82. The summed E-state index contributed by atoms with van der Waals surface area (Å²) in [6.07, 6.45) is 5.50. The molecule has 2 atom stereocenters. The standard InChI is InChI=1S/C15H17N3O2S/c1-21-10-7-6-9(8-10)16-13-11-4-2-3-5-12(11)17-14(18-13)15(19)20/h2-5,9-10H,6-8H2,1H3,(H,19,20)(H,16,17,18). The molecule has 1 fully saturated rings. The van der Waals surface area contributed by atoms with Gasteiger partial charge >= 0.3 is 5.97 Å². The van der Waals surface area contributed by atoms with Crippen molar-refractivity contribution in [2.45, 2.75) is 30.6 Å². The molecule has 1 saturated carbocycles. The van der Waals surface area contributed by atoms with Crippen molar-refractivity contribution in [3.05, 3.63) is 30.1 Å². The number of nitrogens with one attached hydrogen (secondary N) is 1. The van der Waals surface area contributed by atoms with Crippen LogP contribution in [0.25, 0.3) is 10.9 Å². The molecule has 3 rings (SSSR count). The summed E-state index contributed by atoms with van der Waals surface area (Å²) in [6, 6.07) is 7.85. The third-order valence-corrected chi connectivity index (χ3v) is 4.95. The highest BCUT2D eigenvalue weighted by molar-refractivity contribution is 7.99. The van der Waals surface area contributed by atoms with Gasteiger partial charge in [-0.1, -0.05) is 12.1 Å². The second kappa shape index (κ2) is 5.89. The molecule has 2 unspecified atom stereocenters. The Kier molecular flexibility index (Phi) is 3.96. The number of aromatic carboxylic acids is 1. The lowest BCUT2D eigenvalue weighted by Gasteiger charge is -2.15. The maximum atomic E-state index is 11.2. The average Bonchev–Trinajstić information content (AvgIpc) is 2.94. The van der Waals surface area contributed by atoms with Crippen molar-refractivity contribution in [1.29, 1.82) is 0 Å². The zero-order valence-corrected chi connectivity index (χ0v) is 12.6. The van der Waals surface area contributed by atoms with Gasteiger partial charge in [0.05, 0.1) is 5.52 Å². The van der Waals surface area contributed by atoms with E-state index in [1.54, 1.807) is 0 Å². The summed E-state index contributed by atoms with van der Waals surface area (Å²) in [6.45, 7) is 0. The molecule has 0 amide bonds. The van der Waals surface area contributed by atoms with Crippen molar-refractivity contribution >= 4 is 34.5 Å². The van der Waals surface area contributed by atoms with E-state index >= 15 is 0 Å². The summed E-state index contributed by atoms with van der Waals surface area (Å²) >= 11 is 1.89. The monoisotopic (exact) mass is 303 g/mol. The highest BCUT2D eigenvalue weighted by atomic mass is 32.2. The number of carboxylic acid groups (broad SMARTS) is 1. The molecule has 2 aromatic rings. The minimum absolute atomic E-state index is 0.157. The largest absolute Gasteiger partial charge is 0.475 e. The minimum Gasteiger partial charge on any atom is -0.475 e. The van der Waals surface area contributed by atoms with Crippen LogP contribution in [-0.2, 0) is 0 Å². The average molecular weight is 303 g/mol. The molecule has 5 nitrogen and oxygen atoms in total. The fourth-order valence-electron chi connectivity index (χ4n) is 2.76. The molecule has 110 valence electrons. The minimum atomic E-state index is -1.10. The Balaban J connectivity index is 1.94. The molecule has 0 bridgehead atoms. The van der Waals surface area contributed by atoms with Gasteiger partial charge in [-0.2, -0.15) is 11.8 Å². The molecule has 0 saturated heterocycles. The summed E-state index contributed by atoms with van der Waals surface area (Å²) in [5, 5.41) is 14.1. The van der Waals surface area contributed by atoms with Gasteiger partial charge in [-0.25, -0.2) is 14.8 Å². The van der Waals surface area contributed by atoms with Gasteiger partial charge in [-0.3, -0.25) is 0 Å². The summed E-state index contributed by atoms with van der Waals surface area (Å²) in [4.78, 5) is 19.4. The van der Waals surface area contributed by atoms with E-state index < -0.39 is 5.97 Å². The van der Waals surface area contributed by atoms with Gasteiger partial charge in [-0.05, 0) is 37.7 Å². The van der Waals surface area contributed by atoms with Crippen LogP contribution in [0.1, 0.15) is 29.9 Å². The predicted molar refractivity (Wildman–Crippen MR) is 85.1 cm³/mol.